The molecule has 6 nitrogen and oxygen atoms in total. The number of rotatable bonds is 9. The van der Waals surface area contributed by atoms with E-state index < -0.39 is 28.4 Å². The lowest BCUT2D eigenvalue weighted by atomic mass is 9.96. The van der Waals surface area contributed by atoms with Gasteiger partial charge in [0.25, 0.3) is 0 Å². The summed E-state index contributed by atoms with van der Waals surface area (Å²) in [5.74, 6) is -0.914. The number of halogens is 1. The summed E-state index contributed by atoms with van der Waals surface area (Å²) < 4.78 is 45.6. The SMILES string of the molecule is CC(C)c1cccc(-c2cc(CN(C)S(=O)(=O)c3ccc(F)cc3)ccc2OCC(=O)O)c1. The molecule has 0 aliphatic carbocycles. The first-order valence-corrected chi connectivity index (χ1v) is 11.8. The van der Waals surface area contributed by atoms with Gasteiger partial charge in [-0.3, -0.25) is 0 Å². The molecule has 8 heteroatoms. The predicted octanol–water partition coefficient (Wildman–Crippen LogP) is 4.90. The average Bonchev–Trinajstić information content (AvgIpc) is 2.78. The van der Waals surface area contributed by atoms with Crippen LogP contribution in [-0.2, 0) is 21.4 Å². The molecule has 0 spiro atoms. The number of carboxylic acids is 1. The minimum atomic E-state index is -3.82. The van der Waals surface area contributed by atoms with E-state index in [2.05, 4.69) is 13.8 Å². The van der Waals surface area contributed by atoms with Gasteiger partial charge in [0.2, 0.25) is 10.0 Å². The van der Waals surface area contributed by atoms with Crippen molar-refractivity contribution in [2.24, 2.45) is 0 Å². The lowest BCUT2D eigenvalue weighted by Crippen LogP contribution is -2.26. The third kappa shape index (κ3) is 5.97. The minimum Gasteiger partial charge on any atom is -0.481 e. The van der Waals surface area contributed by atoms with Crippen LogP contribution in [0.3, 0.4) is 0 Å². The maximum atomic E-state index is 13.2. The monoisotopic (exact) mass is 471 g/mol. The van der Waals surface area contributed by atoms with E-state index in [1.165, 1.54) is 23.5 Å². The Morgan fingerprint density at radius 2 is 1.76 bits per heavy atom. The topological polar surface area (TPSA) is 83.9 Å². The number of nitrogens with zero attached hydrogens (tertiary/aromatic N) is 1. The van der Waals surface area contributed by atoms with Crippen molar-refractivity contribution in [2.45, 2.75) is 31.2 Å². The van der Waals surface area contributed by atoms with Crippen molar-refractivity contribution in [1.29, 1.82) is 0 Å². The maximum Gasteiger partial charge on any atom is 0.341 e. The van der Waals surface area contributed by atoms with Gasteiger partial charge >= 0.3 is 5.97 Å². The molecule has 3 aromatic rings. The minimum absolute atomic E-state index is 0.00216. The molecule has 0 saturated heterocycles. The van der Waals surface area contributed by atoms with Crippen LogP contribution in [0, 0.1) is 5.82 Å². The third-order valence-corrected chi connectivity index (χ3v) is 7.00. The molecule has 3 aromatic carbocycles. The molecule has 0 saturated carbocycles. The summed E-state index contributed by atoms with van der Waals surface area (Å²) in [5, 5.41) is 9.02. The Kier molecular flexibility index (Phi) is 7.50. The molecule has 0 atom stereocenters. The number of ether oxygens (including phenoxy) is 1. The van der Waals surface area contributed by atoms with E-state index in [1.54, 1.807) is 18.2 Å². The average molecular weight is 472 g/mol. The van der Waals surface area contributed by atoms with Gasteiger partial charge in [-0.25, -0.2) is 17.6 Å². The summed E-state index contributed by atoms with van der Waals surface area (Å²) in [5.41, 5.74) is 3.31. The molecule has 3 rings (SSSR count). The number of carboxylic acid groups (broad SMARTS) is 1. The van der Waals surface area contributed by atoms with Crippen LogP contribution in [0.15, 0.2) is 71.6 Å². The highest BCUT2D eigenvalue weighted by atomic mass is 32.2. The summed E-state index contributed by atoms with van der Waals surface area (Å²) in [7, 11) is -2.37. The lowest BCUT2D eigenvalue weighted by Gasteiger charge is -2.19. The Morgan fingerprint density at radius 1 is 1.06 bits per heavy atom. The summed E-state index contributed by atoms with van der Waals surface area (Å²) >= 11 is 0. The summed E-state index contributed by atoms with van der Waals surface area (Å²) in [6.07, 6.45) is 0. The van der Waals surface area contributed by atoms with Crippen LogP contribution in [0.1, 0.15) is 30.9 Å². The number of aliphatic carboxylic acids is 1. The molecule has 0 amide bonds. The molecule has 0 bridgehead atoms. The molecule has 0 fully saturated rings. The van der Waals surface area contributed by atoms with Crippen molar-refractivity contribution in [3.8, 4) is 16.9 Å². The van der Waals surface area contributed by atoms with Crippen LogP contribution >= 0.6 is 0 Å². The molecule has 0 aliphatic heterocycles. The van der Waals surface area contributed by atoms with E-state index in [9.17, 15) is 17.6 Å². The highest BCUT2D eigenvalue weighted by molar-refractivity contribution is 7.89. The zero-order valence-electron chi connectivity index (χ0n) is 18.7. The standard InChI is InChI=1S/C25H26FNO5S/c1-17(2)19-5-4-6-20(14-19)23-13-18(7-12-24(23)32-16-25(28)29)15-27(3)33(30,31)22-10-8-21(26)9-11-22/h4-14,17H,15-16H2,1-3H3,(H,28,29). The van der Waals surface area contributed by atoms with Crippen molar-refractivity contribution in [1.82, 2.24) is 4.31 Å². The molecular weight excluding hydrogens is 445 g/mol. The van der Waals surface area contributed by atoms with Crippen molar-refractivity contribution in [3.05, 3.63) is 83.7 Å². The zero-order chi connectivity index (χ0) is 24.2. The second-order valence-corrected chi connectivity index (χ2v) is 10.1. The fourth-order valence-electron chi connectivity index (χ4n) is 3.36. The fraction of sp³-hybridized carbons (Fsp3) is 0.240. The van der Waals surface area contributed by atoms with Gasteiger partial charge in [0.1, 0.15) is 11.6 Å². The van der Waals surface area contributed by atoms with E-state index in [0.717, 1.165) is 23.3 Å². The second-order valence-electron chi connectivity index (χ2n) is 8.01. The fourth-order valence-corrected chi connectivity index (χ4v) is 4.52. The number of carbonyl (C=O) groups is 1. The van der Waals surface area contributed by atoms with Gasteiger partial charge in [-0.1, -0.05) is 44.2 Å². The van der Waals surface area contributed by atoms with E-state index in [1.807, 2.05) is 24.3 Å². The molecule has 1 N–H and O–H groups in total. The maximum absolute atomic E-state index is 13.2. The van der Waals surface area contributed by atoms with E-state index in [0.29, 0.717) is 22.8 Å². The van der Waals surface area contributed by atoms with Crippen LogP contribution in [0.25, 0.3) is 11.1 Å². The van der Waals surface area contributed by atoms with E-state index in [-0.39, 0.29) is 11.4 Å². The molecule has 33 heavy (non-hydrogen) atoms. The zero-order valence-corrected chi connectivity index (χ0v) is 19.5. The lowest BCUT2D eigenvalue weighted by molar-refractivity contribution is -0.139. The number of sulfonamides is 1. The van der Waals surface area contributed by atoms with Crippen LogP contribution in [0.4, 0.5) is 4.39 Å². The Morgan fingerprint density at radius 3 is 2.39 bits per heavy atom. The highest BCUT2D eigenvalue weighted by Crippen LogP contribution is 2.33. The third-order valence-electron chi connectivity index (χ3n) is 5.19. The van der Waals surface area contributed by atoms with Gasteiger partial charge < -0.3 is 9.84 Å². The molecular formula is C25H26FNO5S. The van der Waals surface area contributed by atoms with Crippen molar-refractivity contribution < 1.29 is 27.4 Å². The summed E-state index contributed by atoms with van der Waals surface area (Å²) in [6.45, 7) is 3.73. The quantitative estimate of drug-likeness (QED) is 0.480. The first kappa shape index (κ1) is 24.4. The number of benzene rings is 3. The second kappa shape index (κ2) is 10.1. The summed E-state index contributed by atoms with van der Waals surface area (Å²) in [6, 6.07) is 17.7. The molecule has 0 unspecified atom stereocenters. The van der Waals surface area contributed by atoms with Crippen LogP contribution < -0.4 is 4.74 Å². The smallest absolute Gasteiger partial charge is 0.341 e. The molecule has 0 radical (unpaired) electrons. The van der Waals surface area contributed by atoms with Crippen molar-refractivity contribution in [3.63, 3.8) is 0 Å². The normalized spacial score (nSPS) is 11.7. The molecule has 0 aromatic heterocycles. The predicted molar refractivity (Wildman–Crippen MR) is 124 cm³/mol. The van der Waals surface area contributed by atoms with Gasteiger partial charge in [0, 0.05) is 19.2 Å². The highest BCUT2D eigenvalue weighted by Gasteiger charge is 2.21. The first-order valence-electron chi connectivity index (χ1n) is 10.4. The Labute approximate surface area is 193 Å². The molecule has 0 heterocycles. The molecule has 174 valence electrons. The Bertz CT molecular complexity index is 1240. The Hall–Kier alpha value is -3.23. The van der Waals surface area contributed by atoms with Gasteiger partial charge in [-0.05, 0) is 59.0 Å². The molecule has 0 aliphatic rings. The number of hydrogen-bond acceptors (Lipinski definition) is 4. The van der Waals surface area contributed by atoms with Gasteiger partial charge in [-0.15, -0.1) is 0 Å². The largest absolute Gasteiger partial charge is 0.481 e. The first-order chi connectivity index (χ1) is 15.6. The number of hydrogen-bond donors (Lipinski definition) is 1. The van der Waals surface area contributed by atoms with Crippen LogP contribution in [0.2, 0.25) is 0 Å². The van der Waals surface area contributed by atoms with Gasteiger partial charge in [0.15, 0.2) is 6.61 Å². The van der Waals surface area contributed by atoms with E-state index >= 15 is 0 Å². The van der Waals surface area contributed by atoms with Crippen LogP contribution in [0.5, 0.6) is 5.75 Å². The van der Waals surface area contributed by atoms with E-state index in [4.69, 9.17) is 9.84 Å². The Balaban J connectivity index is 1.96. The van der Waals surface area contributed by atoms with Gasteiger partial charge in [-0.2, -0.15) is 4.31 Å². The van der Waals surface area contributed by atoms with Gasteiger partial charge in [0.05, 0.1) is 4.90 Å². The van der Waals surface area contributed by atoms with Crippen LogP contribution in [-0.4, -0.2) is 37.5 Å². The summed E-state index contributed by atoms with van der Waals surface area (Å²) in [4.78, 5) is 11.0. The van der Waals surface area contributed by atoms with Crippen molar-refractivity contribution in [2.75, 3.05) is 13.7 Å². The van der Waals surface area contributed by atoms with Crippen molar-refractivity contribution >= 4 is 16.0 Å².